The predicted molar refractivity (Wildman–Crippen MR) is 51.1 cm³/mol. The summed E-state index contributed by atoms with van der Waals surface area (Å²) in [7, 11) is 0. The standard InChI is InChI=1S/C10H17NO2/c1-10(2,3)13-9(12)7-4-5-8(11)6-7/h4-5,7-8H,6,11H2,1-3H3. The van der Waals surface area contributed by atoms with Crippen LogP contribution in [0.3, 0.4) is 0 Å². The second-order valence-corrected chi connectivity index (χ2v) is 4.42. The zero-order valence-corrected chi connectivity index (χ0v) is 8.41. The minimum Gasteiger partial charge on any atom is -0.460 e. The molecule has 0 heterocycles. The van der Waals surface area contributed by atoms with Crippen LogP contribution in [0.5, 0.6) is 0 Å². The highest BCUT2D eigenvalue weighted by molar-refractivity contribution is 5.75. The maximum absolute atomic E-state index is 11.5. The molecule has 0 bridgehead atoms. The van der Waals surface area contributed by atoms with Gasteiger partial charge in [0.2, 0.25) is 0 Å². The van der Waals surface area contributed by atoms with Gasteiger partial charge in [-0.2, -0.15) is 0 Å². The Morgan fingerprint density at radius 1 is 1.46 bits per heavy atom. The van der Waals surface area contributed by atoms with Crippen molar-refractivity contribution in [1.82, 2.24) is 0 Å². The second kappa shape index (κ2) is 3.50. The topological polar surface area (TPSA) is 52.3 Å². The van der Waals surface area contributed by atoms with Crippen LogP contribution in [0.15, 0.2) is 12.2 Å². The Balaban J connectivity index is 2.46. The molecular formula is C10H17NO2. The zero-order chi connectivity index (χ0) is 10.1. The van der Waals surface area contributed by atoms with Gasteiger partial charge in [-0.3, -0.25) is 4.79 Å². The summed E-state index contributed by atoms with van der Waals surface area (Å²) in [5.41, 5.74) is 5.23. The largest absolute Gasteiger partial charge is 0.460 e. The smallest absolute Gasteiger partial charge is 0.313 e. The van der Waals surface area contributed by atoms with Crippen molar-refractivity contribution in [2.45, 2.75) is 38.8 Å². The van der Waals surface area contributed by atoms with Crippen LogP contribution in [0.1, 0.15) is 27.2 Å². The highest BCUT2D eigenvalue weighted by Gasteiger charge is 2.27. The van der Waals surface area contributed by atoms with E-state index in [-0.39, 0.29) is 17.9 Å². The lowest BCUT2D eigenvalue weighted by Crippen LogP contribution is -2.28. The van der Waals surface area contributed by atoms with Gasteiger partial charge in [-0.15, -0.1) is 0 Å². The highest BCUT2D eigenvalue weighted by Crippen LogP contribution is 2.20. The Morgan fingerprint density at radius 2 is 2.08 bits per heavy atom. The third-order valence-corrected chi connectivity index (χ3v) is 1.83. The van der Waals surface area contributed by atoms with Gasteiger partial charge < -0.3 is 10.5 Å². The summed E-state index contributed by atoms with van der Waals surface area (Å²) in [5.74, 6) is -0.314. The highest BCUT2D eigenvalue weighted by atomic mass is 16.6. The van der Waals surface area contributed by atoms with Crippen LogP contribution in [0.4, 0.5) is 0 Å². The van der Waals surface area contributed by atoms with E-state index in [1.165, 1.54) is 0 Å². The van der Waals surface area contributed by atoms with Gasteiger partial charge in [0, 0.05) is 6.04 Å². The first-order valence-electron chi connectivity index (χ1n) is 4.55. The van der Waals surface area contributed by atoms with E-state index in [0.717, 1.165) is 0 Å². The van der Waals surface area contributed by atoms with Crippen LogP contribution in [0, 0.1) is 5.92 Å². The van der Waals surface area contributed by atoms with E-state index >= 15 is 0 Å². The Labute approximate surface area is 78.9 Å². The number of ether oxygens (including phenoxy) is 1. The molecule has 0 fully saturated rings. The molecule has 3 nitrogen and oxygen atoms in total. The van der Waals surface area contributed by atoms with Gasteiger partial charge in [0.05, 0.1) is 5.92 Å². The van der Waals surface area contributed by atoms with Gasteiger partial charge in [0.1, 0.15) is 5.60 Å². The third kappa shape index (κ3) is 3.19. The summed E-state index contributed by atoms with van der Waals surface area (Å²) in [6.07, 6.45) is 4.36. The fourth-order valence-electron chi connectivity index (χ4n) is 1.28. The Kier molecular flexibility index (Phi) is 2.76. The lowest BCUT2D eigenvalue weighted by Gasteiger charge is -2.21. The SMILES string of the molecule is CC(C)(C)OC(=O)C1C=CC(N)C1. The first-order valence-corrected chi connectivity index (χ1v) is 4.55. The number of rotatable bonds is 1. The van der Waals surface area contributed by atoms with Crippen LogP contribution in [0.2, 0.25) is 0 Å². The Morgan fingerprint density at radius 3 is 2.46 bits per heavy atom. The van der Waals surface area contributed by atoms with Gasteiger partial charge in [-0.25, -0.2) is 0 Å². The molecular weight excluding hydrogens is 166 g/mol. The molecule has 1 rings (SSSR count). The van der Waals surface area contributed by atoms with Gasteiger partial charge in [0.25, 0.3) is 0 Å². The lowest BCUT2D eigenvalue weighted by molar-refractivity contribution is -0.158. The minimum atomic E-state index is -0.405. The monoisotopic (exact) mass is 183 g/mol. The summed E-state index contributed by atoms with van der Waals surface area (Å²) < 4.78 is 5.22. The van der Waals surface area contributed by atoms with E-state index in [1.807, 2.05) is 32.9 Å². The van der Waals surface area contributed by atoms with Crippen molar-refractivity contribution in [1.29, 1.82) is 0 Å². The molecule has 0 spiro atoms. The molecule has 13 heavy (non-hydrogen) atoms. The molecule has 0 saturated carbocycles. The molecule has 0 aromatic rings. The maximum atomic E-state index is 11.5. The molecule has 1 aliphatic carbocycles. The number of carbonyl (C=O) groups excluding carboxylic acids is 1. The Bertz CT molecular complexity index is 228. The minimum absolute atomic E-state index is 0.0116. The summed E-state index contributed by atoms with van der Waals surface area (Å²) in [6.45, 7) is 5.59. The van der Waals surface area contributed by atoms with Crippen LogP contribution in [0.25, 0.3) is 0 Å². The molecule has 0 aliphatic heterocycles. The predicted octanol–water partition coefficient (Wildman–Crippen LogP) is 1.23. The van der Waals surface area contributed by atoms with Gasteiger partial charge in [0.15, 0.2) is 0 Å². The fourth-order valence-corrected chi connectivity index (χ4v) is 1.28. The van der Waals surface area contributed by atoms with E-state index < -0.39 is 5.60 Å². The number of hydrogen-bond donors (Lipinski definition) is 1. The summed E-state index contributed by atoms with van der Waals surface area (Å²) in [4.78, 5) is 11.5. The number of hydrogen-bond acceptors (Lipinski definition) is 3. The summed E-state index contributed by atoms with van der Waals surface area (Å²) in [5, 5.41) is 0. The molecule has 0 aromatic carbocycles. The first-order chi connectivity index (χ1) is 5.88. The van der Waals surface area contributed by atoms with Crippen molar-refractivity contribution in [3.63, 3.8) is 0 Å². The average molecular weight is 183 g/mol. The van der Waals surface area contributed by atoms with Crippen molar-refractivity contribution >= 4 is 5.97 Å². The summed E-state index contributed by atoms with van der Waals surface area (Å²) >= 11 is 0. The van der Waals surface area contributed by atoms with Gasteiger partial charge >= 0.3 is 5.97 Å². The molecule has 2 N–H and O–H groups in total. The van der Waals surface area contributed by atoms with E-state index in [0.29, 0.717) is 6.42 Å². The van der Waals surface area contributed by atoms with Crippen LogP contribution < -0.4 is 5.73 Å². The van der Waals surface area contributed by atoms with Crippen LogP contribution in [-0.4, -0.2) is 17.6 Å². The van der Waals surface area contributed by atoms with Crippen molar-refractivity contribution in [3.05, 3.63) is 12.2 Å². The normalized spacial score (nSPS) is 27.7. The van der Waals surface area contributed by atoms with Crippen LogP contribution in [-0.2, 0) is 9.53 Å². The van der Waals surface area contributed by atoms with Gasteiger partial charge in [-0.05, 0) is 27.2 Å². The fraction of sp³-hybridized carbons (Fsp3) is 0.700. The molecule has 2 unspecified atom stereocenters. The van der Waals surface area contributed by atoms with Crippen molar-refractivity contribution in [3.8, 4) is 0 Å². The van der Waals surface area contributed by atoms with Crippen molar-refractivity contribution in [2.75, 3.05) is 0 Å². The molecule has 1 aliphatic rings. The molecule has 0 saturated heterocycles. The third-order valence-electron chi connectivity index (χ3n) is 1.83. The van der Waals surface area contributed by atoms with E-state index in [4.69, 9.17) is 10.5 Å². The van der Waals surface area contributed by atoms with Gasteiger partial charge in [-0.1, -0.05) is 12.2 Å². The molecule has 3 heteroatoms. The molecule has 0 amide bonds. The maximum Gasteiger partial charge on any atom is 0.313 e. The van der Waals surface area contributed by atoms with E-state index in [9.17, 15) is 4.79 Å². The quantitative estimate of drug-likeness (QED) is 0.491. The molecule has 74 valence electrons. The van der Waals surface area contributed by atoms with E-state index in [2.05, 4.69) is 0 Å². The molecule has 0 aromatic heterocycles. The van der Waals surface area contributed by atoms with Crippen molar-refractivity contribution in [2.24, 2.45) is 11.7 Å². The number of carbonyl (C=O) groups is 1. The average Bonchev–Trinajstić information content (AvgIpc) is 2.31. The Hall–Kier alpha value is -0.830. The molecule has 0 radical (unpaired) electrons. The first kappa shape index (κ1) is 10.3. The lowest BCUT2D eigenvalue weighted by atomic mass is 10.1. The summed E-state index contributed by atoms with van der Waals surface area (Å²) in [6, 6.07) is 0.0116. The number of esters is 1. The number of nitrogens with two attached hydrogens (primary N) is 1. The zero-order valence-electron chi connectivity index (χ0n) is 8.41. The second-order valence-electron chi connectivity index (χ2n) is 4.42. The van der Waals surface area contributed by atoms with Crippen molar-refractivity contribution < 1.29 is 9.53 Å². The van der Waals surface area contributed by atoms with Crippen LogP contribution >= 0.6 is 0 Å². The molecule has 2 atom stereocenters. The van der Waals surface area contributed by atoms with E-state index in [1.54, 1.807) is 0 Å².